The molecule has 24 heavy (non-hydrogen) atoms. The lowest BCUT2D eigenvalue weighted by molar-refractivity contribution is 0.461. The van der Waals surface area contributed by atoms with E-state index >= 15 is 0 Å². The van der Waals surface area contributed by atoms with Crippen LogP contribution in [0.5, 0.6) is 0 Å². The Bertz CT molecular complexity index is 834. The van der Waals surface area contributed by atoms with Crippen molar-refractivity contribution in [2.24, 2.45) is 5.14 Å². The number of aromatic nitrogens is 1. The van der Waals surface area contributed by atoms with Crippen molar-refractivity contribution >= 4 is 10.0 Å². The molecule has 0 amide bonds. The zero-order valence-corrected chi connectivity index (χ0v) is 14.6. The van der Waals surface area contributed by atoms with Gasteiger partial charge in [-0.05, 0) is 61.6 Å². The molecule has 0 spiro atoms. The first-order valence-corrected chi connectivity index (χ1v) is 9.80. The molecule has 2 aromatic rings. The van der Waals surface area contributed by atoms with E-state index in [1.165, 1.54) is 5.56 Å². The third-order valence-corrected chi connectivity index (χ3v) is 5.39. The standard InChI is InChI=1S/C18H23N3O2S/c1-13-4-2-6-15(21-13)10-11-20-18-7-3-5-14-8-9-16(12-17(14)18)24(19,22)23/h2,4,6,8-9,12,18,20H,3,5,7,10-11H2,1H3,(H2,19,22,23). The molecule has 1 atom stereocenters. The summed E-state index contributed by atoms with van der Waals surface area (Å²) < 4.78 is 23.2. The van der Waals surface area contributed by atoms with E-state index in [0.717, 1.165) is 49.2 Å². The first-order valence-electron chi connectivity index (χ1n) is 8.25. The number of nitrogens with zero attached hydrogens (tertiary/aromatic N) is 1. The number of aryl methyl sites for hydroxylation is 2. The Hall–Kier alpha value is -1.76. The first kappa shape index (κ1) is 17.1. The molecule has 0 bridgehead atoms. The van der Waals surface area contributed by atoms with E-state index in [1.807, 2.05) is 31.2 Å². The molecular weight excluding hydrogens is 322 g/mol. The number of rotatable bonds is 5. The summed E-state index contributed by atoms with van der Waals surface area (Å²) in [6.07, 6.45) is 3.94. The molecule has 5 nitrogen and oxygen atoms in total. The minimum absolute atomic E-state index is 0.167. The quantitative estimate of drug-likeness (QED) is 0.870. The second-order valence-electron chi connectivity index (χ2n) is 6.32. The number of hydrogen-bond donors (Lipinski definition) is 2. The molecule has 0 fully saturated rings. The number of hydrogen-bond acceptors (Lipinski definition) is 4. The van der Waals surface area contributed by atoms with Gasteiger partial charge in [0.05, 0.1) is 4.90 Å². The van der Waals surface area contributed by atoms with Crippen molar-refractivity contribution in [3.05, 3.63) is 58.9 Å². The molecule has 0 aliphatic heterocycles. The summed E-state index contributed by atoms with van der Waals surface area (Å²) in [4.78, 5) is 4.70. The van der Waals surface area contributed by atoms with Gasteiger partial charge < -0.3 is 5.32 Å². The summed E-state index contributed by atoms with van der Waals surface area (Å²) in [6, 6.07) is 11.4. The van der Waals surface area contributed by atoms with E-state index in [-0.39, 0.29) is 10.9 Å². The first-order chi connectivity index (χ1) is 11.4. The largest absolute Gasteiger partial charge is 0.310 e. The van der Waals surface area contributed by atoms with E-state index < -0.39 is 10.0 Å². The van der Waals surface area contributed by atoms with Crippen molar-refractivity contribution in [3.63, 3.8) is 0 Å². The molecule has 1 aromatic heterocycles. The molecule has 1 aliphatic rings. The van der Waals surface area contributed by atoms with Gasteiger partial charge in [0, 0.05) is 30.4 Å². The maximum atomic E-state index is 11.6. The lowest BCUT2D eigenvalue weighted by Gasteiger charge is -2.27. The normalized spacial score (nSPS) is 17.5. The second-order valence-corrected chi connectivity index (χ2v) is 7.89. The maximum Gasteiger partial charge on any atom is 0.238 e. The summed E-state index contributed by atoms with van der Waals surface area (Å²) in [5.41, 5.74) is 4.36. The van der Waals surface area contributed by atoms with Crippen molar-refractivity contribution in [2.45, 2.75) is 43.5 Å². The van der Waals surface area contributed by atoms with Gasteiger partial charge in [-0.25, -0.2) is 13.6 Å². The topological polar surface area (TPSA) is 85.1 Å². The number of primary sulfonamides is 1. The zero-order chi connectivity index (χ0) is 17.2. The molecule has 1 unspecified atom stereocenters. The van der Waals surface area contributed by atoms with Crippen molar-refractivity contribution in [1.82, 2.24) is 10.3 Å². The molecule has 1 aromatic carbocycles. The monoisotopic (exact) mass is 345 g/mol. The van der Waals surface area contributed by atoms with Crippen LogP contribution in [-0.2, 0) is 22.9 Å². The van der Waals surface area contributed by atoms with Crippen molar-refractivity contribution in [3.8, 4) is 0 Å². The summed E-state index contributed by atoms with van der Waals surface area (Å²) in [7, 11) is -3.67. The lowest BCUT2D eigenvalue weighted by atomic mass is 9.87. The highest BCUT2D eigenvalue weighted by atomic mass is 32.2. The van der Waals surface area contributed by atoms with E-state index in [2.05, 4.69) is 10.3 Å². The van der Waals surface area contributed by atoms with Gasteiger partial charge in [0.25, 0.3) is 0 Å². The summed E-state index contributed by atoms with van der Waals surface area (Å²) in [5.74, 6) is 0. The Morgan fingerprint density at radius 3 is 2.88 bits per heavy atom. The highest BCUT2D eigenvalue weighted by molar-refractivity contribution is 7.89. The number of nitrogens with two attached hydrogens (primary N) is 1. The van der Waals surface area contributed by atoms with Crippen molar-refractivity contribution in [2.75, 3.05) is 6.54 Å². The summed E-state index contributed by atoms with van der Waals surface area (Å²) in [6.45, 7) is 2.79. The predicted octanol–water partition coefficient (Wildman–Crippen LogP) is 2.25. The summed E-state index contributed by atoms with van der Waals surface area (Å²) >= 11 is 0. The van der Waals surface area contributed by atoms with Crippen LogP contribution >= 0.6 is 0 Å². The molecular formula is C18H23N3O2S. The number of pyridine rings is 1. The fraction of sp³-hybridized carbons (Fsp3) is 0.389. The molecule has 0 radical (unpaired) electrons. The van der Waals surface area contributed by atoms with Gasteiger partial charge in [-0.3, -0.25) is 4.98 Å². The lowest BCUT2D eigenvalue weighted by Crippen LogP contribution is -2.27. The highest BCUT2D eigenvalue weighted by Crippen LogP contribution is 2.31. The van der Waals surface area contributed by atoms with Gasteiger partial charge in [0.15, 0.2) is 0 Å². The smallest absolute Gasteiger partial charge is 0.238 e. The Morgan fingerprint density at radius 1 is 1.29 bits per heavy atom. The average molecular weight is 345 g/mol. The van der Waals surface area contributed by atoms with Gasteiger partial charge in [-0.15, -0.1) is 0 Å². The number of benzene rings is 1. The number of nitrogens with one attached hydrogen (secondary N) is 1. The fourth-order valence-electron chi connectivity index (χ4n) is 3.28. The Balaban J connectivity index is 1.72. The third-order valence-electron chi connectivity index (χ3n) is 4.48. The molecule has 3 rings (SSSR count). The molecule has 3 N–H and O–H groups in total. The Labute approximate surface area is 143 Å². The van der Waals surface area contributed by atoms with Gasteiger partial charge in [0.1, 0.15) is 0 Å². The minimum atomic E-state index is -3.67. The maximum absolute atomic E-state index is 11.6. The van der Waals surface area contributed by atoms with Crippen LogP contribution in [0.1, 0.15) is 41.4 Å². The SMILES string of the molecule is Cc1cccc(CCNC2CCCc3ccc(S(N)(=O)=O)cc32)n1. The van der Waals surface area contributed by atoms with Gasteiger partial charge >= 0.3 is 0 Å². The molecule has 1 aliphatic carbocycles. The van der Waals surface area contributed by atoms with Crippen LogP contribution in [0.2, 0.25) is 0 Å². The second kappa shape index (κ2) is 7.01. The van der Waals surface area contributed by atoms with Gasteiger partial charge in [-0.2, -0.15) is 0 Å². The predicted molar refractivity (Wildman–Crippen MR) is 94.2 cm³/mol. The zero-order valence-electron chi connectivity index (χ0n) is 13.8. The van der Waals surface area contributed by atoms with E-state index in [4.69, 9.17) is 5.14 Å². The van der Waals surface area contributed by atoms with E-state index in [1.54, 1.807) is 12.1 Å². The van der Waals surface area contributed by atoms with Crippen LogP contribution < -0.4 is 10.5 Å². The third kappa shape index (κ3) is 4.01. The van der Waals surface area contributed by atoms with E-state index in [0.29, 0.717) is 0 Å². The molecule has 1 heterocycles. The molecule has 0 saturated heterocycles. The van der Waals surface area contributed by atoms with Crippen LogP contribution in [0.4, 0.5) is 0 Å². The Kier molecular flexibility index (Phi) is 4.99. The van der Waals surface area contributed by atoms with Crippen LogP contribution in [0, 0.1) is 6.92 Å². The van der Waals surface area contributed by atoms with Gasteiger partial charge in [-0.1, -0.05) is 12.1 Å². The van der Waals surface area contributed by atoms with Gasteiger partial charge in [0.2, 0.25) is 10.0 Å². The van der Waals surface area contributed by atoms with Crippen LogP contribution in [-0.4, -0.2) is 19.9 Å². The van der Waals surface area contributed by atoms with Crippen LogP contribution in [0.3, 0.4) is 0 Å². The average Bonchev–Trinajstić information content (AvgIpc) is 2.54. The number of sulfonamides is 1. The van der Waals surface area contributed by atoms with Crippen LogP contribution in [0.15, 0.2) is 41.3 Å². The molecule has 128 valence electrons. The van der Waals surface area contributed by atoms with Crippen molar-refractivity contribution < 1.29 is 8.42 Å². The Morgan fingerprint density at radius 2 is 2.12 bits per heavy atom. The van der Waals surface area contributed by atoms with Crippen molar-refractivity contribution in [1.29, 1.82) is 0 Å². The number of fused-ring (bicyclic) bond motifs is 1. The highest BCUT2D eigenvalue weighted by Gasteiger charge is 2.22. The minimum Gasteiger partial charge on any atom is -0.310 e. The van der Waals surface area contributed by atoms with E-state index in [9.17, 15) is 8.42 Å². The fourth-order valence-corrected chi connectivity index (χ4v) is 3.83. The molecule has 0 saturated carbocycles. The molecule has 6 heteroatoms. The summed E-state index contributed by atoms with van der Waals surface area (Å²) in [5, 5.41) is 8.82. The van der Waals surface area contributed by atoms with Crippen LogP contribution in [0.25, 0.3) is 0 Å².